The van der Waals surface area contributed by atoms with Crippen molar-refractivity contribution in [2.75, 3.05) is 23.7 Å². The molecule has 6 heteroatoms. The molecule has 1 amide bonds. The van der Waals surface area contributed by atoms with E-state index in [0.29, 0.717) is 11.4 Å². The van der Waals surface area contributed by atoms with E-state index in [1.165, 1.54) is 11.5 Å². The maximum Gasteiger partial charge on any atom is 0.258 e. The van der Waals surface area contributed by atoms with E-state index in [2.05, 4.69) is 28.4 Å². The molecule has 1 rings (SSSR count). The molecule has 21 heavy (non-hydrogen) atoms. The zero-order valence-corrected chi connectivity index (χ0v) is 14.4. The minimum Gasteiger partial charge on any atom is -0.382 e. The molecule has 0 unspecified atom stereocenters. The molecule has 0 aromatic carbocycles. The third-order valence-corrected chi connectivity index (χ3v) is 4.12. The van der Waals surface area contributed by atoms with Crippen molar-refractivity contribution in [1.82, 2.24) is 9.69 Å². The Labute approximate surface area is 132 Å². The van der Waals surface area contributed by atoms with Crippen LogP contribution in [0.15, 0.2) is 0 Å². The number of amides is 1. The number of anilines is 2. The average molecular weight is 312 g/mol. The van der Waals surface area contributed by atoms with Crippen LogP contribution in [0.1, 0.15) is 63.7 Å². The molecule has 0 aliphatic heterocycles. The summed E-state index contributed by atoms with van der Waals surface area (Å²) in [7, 11) is 0. The van der Waals surface area contributed by atoms with Gasteiger partial charge in [0.15, 0.2) is 5.82 Å². The van der Waals surface area contributed by atoms with Gasteiger partial charge in [-0.2, -0.15) is 4.37 Å². The summed E-state index contributed by atoms with van der Waals surface area (Å²) >= 11 is 1.33. The molecule has 0 aliphatic carbocycles. The molecule has 0 spiro atoms. The molecule has 0 radical (unpaired) electrons. The number of hydrogen-bond acceptors (Lipinski definition) is 5. The van der Waals surface area contributed by atoms with E-state index in [-0.39, 0.29) is 11.9 Å². The van der Waals surface area contributed by atoms with Gasteiger partial charge >= 0.3 is 0 Å². The number of nitrogens with two attached hydrogens (primary N) is 1. The predicted octanol–water partition coefficient (Wildman–Crippen LogP) is 3.27. The number of aromatic nitrogens is 1. The molecule has 0 atom stereocenters. The Balaban J connectivity index is 2.98. The van der Waals surface area contributed by atoms with Crippen molar-refractivity contribution >= 4 is 28.3 Å². The maximum atomic E-state index is 12.4. The Morgan fingerprint density at radius 2 is 1.86 bits per heavy atom. The fraction of sp³-hybridized carbons (Fsp3) is 0.733. The number of nitrogens with one attached hydrogen (secondary N) is 1. The molecular formula is C15H28N4OS. The van der Waals surface area contributed by atoms with Gasteiger partial charge in [0.1, 0.15) is 10.6 Å². The van der Waals surface area contributed by atoms with E-state index < -0.39 is 0 Å². The number of carbonyl (C=O) groups excluding carboxylic acids is 1. The lowest BCUT2D eigenvalue weighted by Gasteiger charge is -2.24. The van der Waals surface area contributed by atoms with Gasteiger partial charge in [0, 0.05) is 19.1 Å². The van der Waals surface area contributed by atoms with Crippen molar-refractivity contribution < 1.29 is 4.79 Å². The zero-order chi connectivity index (χ0) is 15.8. The Morgan fingerprint density at radius 1 is 1.29 bits per heavy atom. The number of nitrogen functional groups attached to an aromatic ring is 1. The summed E-state index contributed by atoms with van der Waals surface area (Å²) in [5, 5.41) is 3.82. The maximum absolute atomic E-state index is 12.4. The summed E-state index contributed by atoms with van der Waals surface area (Å²) in [6.07, 6.45) is 4.47. The van der Waals surface area contributed by atoms with Gasteiger partial charge in [0.2, 0.25) is 0 Å². The molecule has 0 aliphatic rings. The van der Waals surface area contributed by atoms with Gasteiger partial charge in [-0.05, 0) is 38.2 Å². The van der Waals surface area contributed by atoms with Crippen molar-refractivity contribution in [1.29, 1.82) is 0 Å². The number of unbranched alkanes of at least 4 members (excludes halogenated alkanes) is 2. The second-order valence-electron chi connectivity index (χ2n) is 5.57. The normalized spacial score (nSPS) is 10.9. The first-order chi connectivity index (χ1) is 10.0. The van der Waals surface area contributed by atoms with E-state index >= 15 is 0 Å². The molecule has 0 bridgehead atoms. The average Bonchev–Trinajstić information content (AvgIpc) is 2.80. The third kappa shape index (κ3) is 5.19. The van der Waals surface area contributed by atoms with Crippen molar-refractivity contribution in [3.05, 3.63) is 5.56 Å². The lowest BCUT2D eigenvalue weighted by Crippen LogP contribution is -2.33. The summed E-state index contributed by atoms with van der Waals surface area (Å²) in [6, 6.07) is 0.0874. The summed E-state index contributed by atoms with van der Waals surface area (Å²) < 4.78 is 4.20. The van der Waals surface area contributed by atoms with Crippen LogP contribution in [-0.2, 0) is 0 Å². The first kappa shape index (κ1) is 17.8. The van der Waals surface area contributed by atoms with Crippen LogP contribution in [0.4, 0.5) is 10.8 Å². The summed E-state index contributed by atoms with van der Waals surface area (Å²) in [5.74, 6) is 0.218. The number of carbonyl (C=O) groups is 1. The summed E-state index contributed by atoms with van der Waals surface area (Å²) in [5.41, 5.74) is 6.47. The van der Waals surface area contributed by atoms with Crippen molar-refractivity contribution in [3.8, 4) is 0 Å². The van der Waals surface area contributed by atoms with Crippen LogP contribution in [0.3, 0.4) is 0 Å². The minimum absolute atomic E-state index is 0.0874. The van der Waals surface area contributed by atoms with E-state index in [4.69, 9.17) is 5.73 Å². The van der Waals surface area contributed by atoms with Crippen LogP contribution < -0.4 is 16.0 Å². The van der Waals surface area contributed by atoms with Gasteiger partial charge in [-0.1, -0.05) is 26.7 Å². The first-order valence-corrected chi connectivity index (χ1v) is 8.59. The zero-order valence-electron chi connectivity index (χ0n) is 13.6. The van der Waals surface area contributed by atoms with Gasteiger partial charge < -0.3 is 16.0 Å². The SMILES string of the molecule is CCCCN(CCCC)c1snc(N)c1C(=O)NC(C)C. The minimum atomic E-state index is -0.121. The highest BCUT2D eigenvalue weighted by atomic mass is 32.1. The summed E-state index contributed by atoms with van der Waals surface area (Å²) in [4.78, 5) is 14.6. The van der Waals surface area contributed by atoms with Crippen LogP contribution >= 0.6 is 11.5 Å². The highest BCUT2D eigenvalue weighted by Crippen LogP contribution is 2.31. The Morgan fingerprint density at radius 3 is 2.33 bits per heavy atom. The summed E-state index contributed by atoms with van der Waals surface area (Å²) in [6.45, 7) is 10.1. The van der Waals surface area contributed by atoms with Crippen LogP contribution in [-0.4, -0.2) is 29.4 Å². The fourth-order valence-electron chi connectivity index (χ4n) is 2.07. The van der Waals surface area contributed by atoms with Crippen LogP contribution in [0.5, 0.6) is 0 Å². The molecule has 5 nitrogen and oxygen atoms in total. The van der Waals surface area contributed by atoms with Crippen molar-refractivity contribution in [2.24, 2.45) is 0 Å². The predicted molar refractivity (Wildman–Crippen MR) is 91.2 cm³/mol. The topological polar surface area (TPSA) is 71.2 Å². The molecular weight excluding hydrogens is 284 g/mol. The van der Waals surface area contributed by atoms with E-state index in [0.717, 1.165) is 43.8 Å². The molecule has 0 fully saturated rings. The molecule has 0 saturated heterocycles. The Hall–Kier alpha value is -1.30. The number of hydrogen-bond donors (Lipinski definition) is 2. The lowest BCUT2D eigenvalue weighted by atomic mass is 10.2. The standard InChI is InChI=1S/C15H28N4OS/c1-5-7-9-19(10-8-6-2)15-12(13(16)18-21-15)14(20)17-11(3)4/h11H,5-10H2,1-4H3,(H2,16,18)(H,17,20). The second-order valence-corrected chi connectivity index (χ2v) is 6.32. The monoisotopic (exact) mass is 312 g/mol. The van der Waals surface area contributed by atoms with Crippen LogP contribution in [0.2, 0.25) is 0 Å². The van der Waals surface area contributed by atoms with Crippen LogP contribution in [0.25, 0.3) is 0 Å². The lowest BCUT2D eigenvalue weighted by molar-refractivity contribution is 0.0944. The fourth-order valence-corrected chi connectivity index (χ4v) is 2.93. The van der Waals surface area contributed by atoms with Gasteiger partial charge in [-0.15, -0.1) is 0 Å². The second kappa shape index (κ2) is 8.87. The highest BCUT2D eigenvalue weighted by molar-refractivity contribution is 7.11. The smallest absolute Gasteiger partial charge is 0.258 e. The molecule has 1 aromatic rings. The number of nitrogens with zero attached hydrogens (tertiary/aromatic N) is 2. The molecule has 1 heterocycles. The van der Waals surface area contributed by atoms with Gasteiger partial charge in [-0.25, -0.2) is 0 Å². The van der Waals surface area contributed by atoms with Crippen molar-refractivity contribution in [2.45, 2.75) is 59.4 Å². The van der Waals surface area contributed by atoms with E-state index in [9.17, 15) is 4.79 Å². The van der Waals surface area contributed by atoms with E-state index in [1.54, 1.807) is 0 Å². The van der Waals surface area contributed by atoms with Crippen molar-refractivity contribution in [3.63, 3.8) is 0 Å². The molecule has 3 N–H and O–H groups in total. The molecule has 1 aromatic heterocycles. The number of rotatable bonds is 9. The quantitative estimate of drug-likeness (QED) is 0.734. The van der Waals surface area contributed by atoms with E-state index in [1.807, 2.05) is 13.8 Å². The third-order valence-electron chi connectivity index (χ3n) is 3.20. The molecule has 0 saturated carbocycles. The largest absolute Gasteiger partial charge is 0.382 e. The van der Waals surface area contributed by atoms with Gasteiger partial charge in [0.25, 0.3) is 5.91 Å². The Kier molecular flexibility index (Phi) is 7.50. The first-order valence-electron chi connectivity index (χ1n) is 7.82. The van der Waals surface area contributed by atoms with Crippen LogP contribution in [0, 0.1) is 0 Å². The van der Waals surface area contributed by atoms with Gasteiger partial charge in [-0.3, -0.25) is 4.79 Å². The highest BCUT2D eigenvalue weighted by Gasteiger charge is 2.23. The Bertz CT molecular complexity index is 437. The molecule has 120 valence electrons. The van der Waals surface area contributed by atoms with Gasteiger partial charge in [0.05, 0.1) is 0 Å².